The van der Waals surface area contributed by atoms with Crippen molar-refractivity contribution in [1.82, 2.24) is 9.97 Å². The molecule has 4 aromatic carbocycles. The van der Waals surface area contributed by atoms with E-state index in [0.717, 1.165) is 54.9 Å². The first kappa shape index (κ1) is 21.2. The standard InChI is InChI=1S/C32H18N4/c1-34-30-19-24(14-16-36-30)31-26-9-5-6-10-27(26)32(23-13-15-35-25(17-23)20-33)29-18-22(11-12-28(29)31)21-7-3-2-4-8-21/h2-19H. The van der Waals surface area contributed by atoms with Gasteiger partial charge < -0.3 is 4.85 Å². The lowest BCUT2D eigenvalue weighted by Crippen LogP contribution is -1.93. The van der Waals surface area contributed by atoms with Crippen molar-refractivity contribution in [3.63, 3.8) is 0 Å². The minimum absolute atomic E-state index is 0.363. The van der Waals surface area contributed by atoms with Gasteiger partial charge in [0.05, 0.1) is 0 Å². The van der Waals surface area contributed by atoms with E-state index in [1.165, 1.54) is 0 Å². The summed E-state index contributed by atoms with van der Waals surface area (Å²) in [5.41, 5.74) is 6.62. The first-order valence-corrected chi connectivity index (χ1v) is 11.5. The number of nitriles is 1. The van der Waals surface area contributed by atoms with E-state index >= 15 is 0 Å². The third-order valence-corrected chi connectivity index (χ3v) is 6.44. The van der Waals surface area contributed by atoms with Gasteiger partial charge in [-0.3, -0.25) is 0 Å². The van der Waals surface area contributed by atoms with Crippen LogP contribution in [-0.2, 0) is 0 Å². The second-order valence-electron chi connectivity index (χ2n) is 8.48. The van der Waals surface area contributed by atoms with E-state index in [1.54, 1.807) is 12.4 Å². The number of pyridine rings is 2. The number of nitrogens with zero attached hydrogens (tertiary/aromatic N) is 4. The summed E-state index contributed by atoms with van der Waals surface area (Å²) in [7, 11) is 0. The fourth-order valence-electron chi connectivity index (χ4n) is 4.89. The molecule has 6 aromatic rings. The third-order valence-electron chi connectivity index (χ3n) is 6.44. The Morgan fingerprint density at radius 2 is 1.22 bits per heavy atom. The molecule has 0 amide bonds. The fraction of sp³-hybridized carbons (Fsp3) is 0. The smallest absolute Gasteiger partial charge is 0.270 e. The number of rotatable bonds is 3. The zero-order valence-electron chi connectivity index (χ0n) is 19.2. The molecule has 0 N–H and O–H groups in total. The molecule has 0 saturated carbocycles. The minimum Gasteiger partial charge on any atom is -0.361 e. The van der Waals surface area contributed by atoms with Crippen LogP contribution >= 0.6 is 0 Å². The first-order valence-electron chi connectivity index (χ1n) is 11.5. The van der Waals surface area contributed by atoms with E-state index < -0.39 is 0 Å². The highest BCUT2D eigenvalue weighted by Gasteiger charge is 2.18. The fourth-order valence-corrected chi connectivity index (χ4v) is 4.89. The molecule has 36 heavy (non-hydrogen) atoms. The Kier molecular flexibility index (Phi) is 5.19. The molecule has 0 unspecified atom stereocenters. The largest absolute Gasteiger partial charge is 0.361 e. The van der Waals surface area contributed by atoms with Crippen molar-refractivity contribution < 1.29 is 0 Å². The van der Waals surface area contributed by atoms with Gasteiger partial charge in [0.15, 0.2) is 0 Å². The highest BCUT2D eigenvalue weighted by molar-refractivity contribution is 6.22. The van der Waals surface area contributed by atoms with E-state index in [2.05, 4.69) is 63.3 Å². The molecule has 4 heteroatoms. The molecule has 2 aromatic heterocycles. The summed E-state index contributed by atoms with van der Waals surface area (Å²) >= 11 is 0. The Hall–Kier alpha value is -5.32. The van der Waals surface area contributed by atoms with Gasteiger partial charge in [-0.25, -0.2) is 4.98 Å². The predicted octanol–water partition coefficient (Wildman–Crippen LogP) is 8.21. The van der Waals surface area contributed by atoms with Crippen LogP contribution in [0.2, 0.25) is 0 Å². The quantitative estimate of drug-likeness (QED) is 0.198. The summed E-state index contributed by atoms with van der Waals surface area (Å²) < 4.78 is 0. The van der Waals surface area contributed by atoms with Crippen molar-refractivity contribution in [1.29, 1.82) is 5.26 Å². The molecule has 0 bridgehead atoms. The second kappa shape index (κ2) is 8.80. The van der Waals surface area contributed by atoms with Crippen LogP contribution in [-0.4, -0.2) is 9.97 Å². The van der Waals surface area contributed by atoms with Gasteiger partial charge in [0.1, 0.15) is 18.0 Å². The molecule has 6 rings (SSSR count). The second-order valence-corrected chi connectivity index (χ2v) is 8.48. The van der Waals surface area contributed by atoms with Crippen molar-refractivity contribution in [2.24, 2.45) is 0 Å². The van der Waals surface area contributed by atoms with Crippen LogP contribution in [0, 0.1) is 17.9 Å². The molecule has 4 nitrogen and oxygen atoms in total. The Labute approximate surface area is 208 Å². The minimum atomic E-state index is 0.363. The van der Waals surface area contributed by atoms with Crippen molar-refractivity contribution in [2.75, 3.05) is 0 Å². The molecular weight excluding hydrogens is 440 g/mol. The van der Waals surface area contributed by atoms with Gasteiger partial charge >= 0.3 is 0 Å². The van der Waals surface area contributed by atoms with E-state index in [0.29, 0.717) is 11.5 Å². The SMILES string of the molecule is [C-]#[N+]c1cc(-c2c3ccccc3c(-c3ccnc(C#N)c3)c3cc(-c4ccccc4)ccc23)ccn1. The summed E-state index contributed by atoms with van der Waals surface area (Å²) in [6.07, 6.45) is 3.38. The topological polar surface area (TPSA) is 53.9 Å². The molecule has 0 aliphatic rings. The Morgan fingerprint density at radius 3 is 1.94 bits per heavy atom. The lowest BCUT2D eigenvalue weighted by atomic mass is 9.85. The Morgan fingerprint density at radius 1 is 0.583 bits per heavy atom. The van der Waals surface area contributed by atoms with Crippen LogP contribution < -0.4 is 0 Å². The third kappa shape index (κ3) is 3.55. The molecule has 0 radical (unpaired) electrons. The van der Waals surface area contributed by atoms with E-state index in [-0.39, 0.29) is 0 Å². The Balaban J connectivity index is 1.79. The number of fused-ring (bicyclic) bond motifs is 2. The van der Waals surface area contributed by atoms with Crippen molar-refractivity contribution in [3.8, 4) is 39.4 Å². The molecule has 0 spiro atoms. The molecule has 0 fully saturated rings. The first-order chi connectivity index (χ1) is 17.8. The summed E-state index contributed by atoms with van der Waals surface area (Å²) in [6, 6.07) is 34.9. The molecule has 166 valence electrons. The van der Waals surface area contributed by atoms with Gasteiger partial charge in [0.2, 0.25) is 0 Å². The predicted molar refractivity (Wildman–Crippen MR) is 144 cm³/mol. The van der Waals surface area contributed by atoms with Gasteiger partial charge in [-0.2, -0.15) is 5.26 Å². The zero-order chi connectivity index (χ0) is 24.5. The number of benzene rings is 4. The normalized spacial score (nSPS) is 10.7. The lowest BCUT2D eigenvalue weighted by Gasteiger charge is -2.18. The molecule has 0 aliphatic carbocycles. The Bertz CT molecular complexity index is 1860. The summed E-state index contributed by atoms with van der Waals surface area (Å²) in [4.78, 5) is 11.9. The maximum Gasteiger partial charge on any atom is 0.270 e. The van der Waals surface area contributed by atoms with Crippen LogP contribution in [0.25, 0.3) is 59.8 Å². The van der Waals surface area contributed by atoms with Crippen molar-refractivity contribution in [2.45, 2.75) is 0 Å². The molecular formula is C32H18N4. The van der Waals surface area contributed by atoms with Gasteiger partial charge in [0.25, 0.3) is 5.82 Å². The summed E-state index contributed by atoms with van der Waals surface area (Å²) in [5.74, 6) is 0.363. The molecule has 0 aliphatic heterocycles. The van der Waals surface area contributed by atoms with E-state index in [4.69, 9.17) is 6.57 Å². The van der Waals surface area contributed by atoms with Crippen LogP contribution in [0.4, 0.5) is 5.82 Å². The van der Waals surface area contributed by atoms with Crippen molar-refractivity contribution >= 4 is 27.4 Å². The monoisotopic (exact) mass is 458 g/mol. The van der Waals surface area contributed by atoms with Crippen LogP contribution in [0.3, 0.4) is 0 Å². The van der Waals surface area contributed by atoms with Crippen molar-refractivity contribution in [3.05, 3.63) is 127 Å². The van der Waals surface area contributed by atoms with Crippen LogP contribution in [0.1, 0.15) is 5.69 Å². The lowest BCUT2D eigenvalue weighted by molar-refractivity contribution is 1.27. The number of hydrogen-bond donors (Lipinski definition) is 0. The highest BCUT2D eigenvalue weighted by atomic mass is 14.8. The average Bonchev–Trinajstić information content (AvgIpc) is 2.96. The van der Waals surface area contributed by atoms with Gasteiger partial charge in [-0.15, -0.1) is 4.98 Å². The van der Waals surface area contributed by atoms with E-state index in [1.807, 2.05) is 54.6 Å². The molecule has 2 heterocycles. The number of aromatic nitrogens is 2. The maximum absolute atomic E-state index is 9.53. The van der Waals surface area contributed by atoms with Gasteiger partial charge in [-0.1, -0.05) is 73.3 Å². The van der Waals surface area contributed by atoms with Gasteiger partial charge in [0, 0.05) is 6.20 Å². The van der Waals surface area contributed by atoms with Crippen LogP contribution in [0.5, 0.6) is 0 Å². The van der Waals surface area contributed by atoms with Gasteiger partial charge in [-0.05, 0) is 85.3 Å². The highest BCUT2D eigenvalue weighted by Crippen LogP contribution is 2.45. The zero-order valence-corrected chi connectivity index (χ0v) is 19.2. The summed E-state index contributed by atoms with van der Waals surface area (Å²) in [5, 5.41) is 13.8. The van der Waals surface area contributed by atoms with E-state index in [9.17, 15) is 5.26 Å². The maximum atomic E-state index is 9.53. The van der Waals surface area contributed by atoms with Crippen LogP contribution in [0.15, 0.2) is 109 Å². The molecule has 0 saturated heterocycles. The average molecular weight is 459 g/mol. The molecule has 0 atom stereocenters. The summed E-state index contributed by atoms with van der Waals surface area (Å²) in [6.45, 7) is 7.47. The number of hydrogen-bond acceptors (Lipinski definition) is 3.